The second kappa shape index (κ2) is 14.6. The SMILES string of the molecule is CNC(=O)c1c(-c2ccc(F)cc2)oc2cc(N(CCOCCCC3=CC(C(O)=CC(=O)C(=O)O)=CCC3)S(C)(=O)=O)c(C3CC3)cc12. The molecule has 1 aromatic heterocycles. The molecular formula is C35H37FN2O9S. The van der Waals surface area contributed by atoms with Crippen LogP contribution in [0.4, 0.5) is 10.1 Å². The molecule has 0 aliphatic heterocycles. The van der Waals surface area contributed by atoms with E-state index in [1.807, 2.05) is 6.07 Å². The highest BCUT2D eigenvalue weighted by atomic mass is 32.2. The van der Waals surface area contributed by atoms with E-state index in [0.29, 0.717) is 59.7 Å². The number of rotatable bonds is 15. The monoisotopic (exact) mass is 680 g/mol. The van der Waals surface area contributed by atoms with E-state index in [-0.39, 0.29) is 36.3 Å². The average molecular weight is 681 g/mol. The molecule has 1 saturated carbocycles. The van der Waals surface area contributed by atoms with Crippen molar-refractivity contribution in [1.29, 1.82) is 0 Å². The molecule has 0 spiro atoms. The van der Waals surface area contributed by atoms with Gasteiger partial charge < -0.3 is 24.7 Å². The summed E-state index contributed by atoms with van der Waals surface area (Å²) in [5.41, 5.74) is 3.77. The Morgan fingerprint density at radius 1 is 1.12 bits per heavy atom. The number of carboxylic acids is 1. The molecular weight excluding hydrogens is 643 g/mol. The van der Waals surface area contributed by atoms with Gasteiger partial charge in [-0.2, -0.15) is 0 Å². The Morgan fingerprint density at radius 2 is 1.85 bits per heavy atom. The summed E-state index contributed by atoms with van der Waals surface area (Å²) in [6, 6.07) is 9.08. The summed E-state index contributed by atoms with van der Waals surface area (Å²) >= 11 is 0. The summed E-state index contributed by atoms with van der Waals surface area (Å²) in [7, 11) is -2.24. The van der Waals surface area contributed by atoms with Gasteiger partial charge in [0.2, 0.25) is 10.0 Å². The molecule has 11 nitrogen and oxygen atoms in total. The van der Waals surface area contributed by atoms with E-state index in [2.05, 4.69) is 5.32 Å². The van der Waals surface area contributed by atoms with Gasteiger partial charge in [-0.15, -0.1) is 0 Å². The first-order valence-electron chi connectivity index (χ1n) is 15.6. The highest BCUT2D eigenvalue weighted by molar-refractivity contribution is 7.92. The van der Waals surface area contributed by atoms with Crippen LogP contribution in [0.2, 0.25) is 0 Å². The molecule has 0 unspecified atom stereocenters. The van der Waals surface area contributed by atoms with Crippen LogP contribution in [0.25, 0.3) is 22.3 Å². The number of aliphatic carboxylic acids is 1. The largest absolute Gasteiger partial charge is 0.507 e. The minimum atomic E-state index is -3.75. The molecule has 2 aliphatic carbocycles. The number of ether oxygens (including phenoxy) is 1. The number of furan rings is 1. The number of halogens is 1. The molecule has 3 aromatic rings. The second-order valence-electron chi connectivity index (χ2n) is 11.8. The van der Waals surface area contributed by atoms with E-state index in [4.69, 9.17) is 14.3 Å². The Labute approximate surface area is 277 Å². The van der Waals surface area contributed by atoms with Crippen LogP contribution in [0.3, 0.4) is 0 Å². The molecule has 0 atom stereocenters. The lowest BCUT2D eigenvalue weighted by Gasteiger charge is -2.25. The predicted molar refractivity (Wildman–Crippen MR) is 178 cm³/mol. The minimum absolute atomic E-state index is 0.0454. The van der Waals surface area contributed by atoms with Gasteiger partial charge in [-0.05, 0) is 80.3 Å². The molecule has 0 saturated heterocycles. The molecule has 48 heavy (non-hydrogen) atoms. The molecule has 0 bridgehead atoms. The second-order valence-corrected chi connectivity index (χ2v) is 13.7. The number of ketones is 1. The summed E-state index contributed by atoms with van der Waals surface area (Å²) < 4.78 is 53.2. The first-order chi connectivity index (χ1) is 22.9. The number of hydrogen-bond donors (Lipinski definition) is 3. The zero-order valence-corrected chi connectivity index (χ0v) is 27.4. The van der Waals surface area contributed by atoms with Gasteiger partial charge in [0.05, 0.1) is 30.7 Å². The van der Waals surface area contributed by atoms with Crippen molar-refractivity contribution in [3.05, 3.63) is 88.5 Å². The van der Waals surface area contributed by atoms with Crippen LogP contribution in [0.5, 0.6) is 0 Å². The van der Waals surface area contributed by atoms with Crippen molar-refractivity contribution in [1.82, 2.24) is 5.32 Å². The Balaban J connectivity index is 1.31. The Morgan fingerprint density at radius 3 is 2.50 bits per heavy atom. The standard InChI is InChI=1S/C35H37FN2O9S/c1-37-34(41)32-27-18-26(22-8-9-22)28(19-31(27)47-33(32)23-10-12-25(36)13-11-23)38(48(2,44)45)14-16-46-15-4-6-21-5-3-7-24(17-21)29(39)20-30(40)35(42)43/h7,10-13,17-20,22,39H,3-6,8-9,14-16H2,1-2H3,(H,37,41)(H,42,43). The Bertz CT molecular complexity index is 1940. The van der Waals surface area contributed by atoms with Crippen molar-refractivity contribution >= 4 is 44.3 Å². The third-order valence-electron chi connectivity index (χ3n) is 8.27. The van der Waals surface area contributed by atoms with Crippen LogP contribution < -0.4 is 9.62 Å². The van der Waals surface area contributed by atoms with Crippen molar-refractivity contribution in [2.75, 3.05) is 37.4 Å². The van der Waals surface area contributed by atoms with E-state index in [9.17, 15) is 32.3 Å². The van der Waals surface area contributed by atoms with Crippen LogP contribution in [0, 0.1) is 5.82 Å². The lowest BCUT2D eigenvalue weighted by atomic mass is 9.95. The minimum Gasteiger partial charge on any atom is -0.507 e. The smallest absolute Gasteiger partial charge is 0.376 e. The lowest BCUT2D eigenvalue weighted by Crippen LogP contribution is -2.34. The van der Waals surface area contributed by atoms with Gasteiger partial charge >= 0.3 is 5.97 Å². The van der Waals surface area contributed by atoms with Gasteiger partial charge in [0.1, 0.15) is 22.9 Å². The summed E-state index contributed by atoms with van der Waals surface area (Å²) in [6.07, 6.45) is 9.67. The Kier molecular flexibility index (Phi) is 10.5. The van der Waals surface area contributed by atoms with Crippen molar-refractivity contribution in [2.45, 2.75) is 44.4 Å². The molecule has 254 valence electrons. The fraction of sp³-hybridized carbons (Fsp3) is 0.343. The highest BCUT2D eigenvalue weighted by Crippen LogP contribution is 2.48. The number of carboxylic acid groups (broad SMARTS) is 1. The van der Waals surface area contributed by atoms with Gasteiger partial charge in [0, 0.05) is 42.3 Å². The summed E-state index contributed by atoms with van der Waals surface area (Å²) in [6.45, 7) is 0.503. The van der Waals surface area contributed by atoms with Crippen LogP contribution >= 0.6 is 0 Å². The number of anilines is 1. The number of carbonyl (C=O) groups excluding carboxylic acids is 2. The highest BCUT2D eigenvalue weighted by Gasteiger charge is 2.33. The van der Waals surface area contributed by atoms with Crippen molar-refractivity contribution < 1.29 is 46.6 Å². The summed E-state index contributed by atoms with van der Waals surface area (Å²) in [5, 5.41) is 22.1. The van der Waals surface area contributed by atoms with Gasteiger partial charge in [-0.1, -0.05) is 17.7 Å². The average Bonchev–Trinajstić information content (AvgIpc) is 3.83. The van der Waals surface area contributed by atoms with E-state index < -0.39 is 33.4 Å². The number of allylic oxidation sites excluding steroid dienone is 3. The molecule has 2 aliphatic rings. The summed E-state index contributed by atoms with van der Waals surface area (Å²) in [5.74, 6) is -3.68. The number of nitrogens with zero attached hydrogens (tertiary/aromatic N) is 1. The van der Waals surface area contributed by atoms with Crippen LogP contribution in [-0.4, -0.2) is 69.4 Å². The molecule has 2 aromatic carbocycles. The van der Waals surface area contributed by atoms with E-state index in [1.54, 1.807) is 18.2 Å². The van der Waals surface area contributed by atoms with Crippen LogP contribution in [0.15, 0.2) is 75.9 Å². The summed E-state index contributed by atoms with van der Waals surface area (Å²) in [4.78, 5) is 35.2. The number of nitrogens with one attached hydrogen (secondary N) is 1. The molecule has 3 N–H and O–H groups in total. The van der Waals surface area contributed by atoms with Gasteiger partial charge in [-0.25, -0.2) is 17.6 Å². The van der Waals surface area contributed by atoms with Gasteiger partial charge in [0.25, 0.3) is 11.7 Å². The number of aliphatic hydroxyl groups is 1. The van der Waals surface area contributed by atoms with Crippen LogP contribution in [0.1, 0.15) is 60.4 Å². The zero-order chi connectivity index (χ0) is 34.6. The third-order valence-corrected chi connectivity index (χ3v) is 9.45. The van der Waals surface area contributed by atoms with Crippen LogP contribution in [-0.2, 0) is 24.3 Å². The number of benzene rings is 2. The lowest BCUT2D eigenvalue weighted by molar-refractivity contribution is -0.146. The maximum atomic E-state index is 13.7. The quantitative estimate of drug-likeness (QED) is 0.0781. The maximum absolute atomic E-state index is 13.7. The number of hydrogen-bond acceptors (Lipinski definition) is 8. The molecule has 1 amide bonds. The first-order valence-corrected chi connectivity index (χ1v) is 17.4. The fourth-order valence-corrected chi connectivity index (χ4v) is 6.69. The zero-order valence-electron chi connectivity index (χ0n) is 26.6. The molecule has 0 radical (unpaired) electrons. The maximum Gasteiger partial charge on any atom is 0.376 e. The Hall–Kier alpha value is -4.75. The predicted octanol–water partition coefficient (Wildman–Crippen LogP) is 5.78. The van der Waals surface area contributed by atoms with E-state index in [0.717, 1.165) is 36.7 Å². The van der Waals surface area contributed by atoms with Crippen molar-refractivity contribution in [3.8, 4) is 11.3 Å². The topological polar surface area (TPSA) is 163 Å². The number of fused-ring (bicyclic) bond motifs is 1. The van der Waals surface area contributed by atoms with Gasteiger partial charge in [-0.3, -0.25) is 13.9 Å². The first kappa shape index (κ1) is 34.6. The van der Waals surface area contributed by atoms with Crippen molar-refractivity contribution in [2.24, 2.45) is 0 Å². The molecule has 13 heteroatoms. The third kappa shape index (κ3) is 8.03. The molecule has 1 heterocycles. The molecule has 5 rings (SSSR count). The number of sulfonamides is 1. The van der Waals surface area contributed by atoms with E-state index in [1.165, 1.54) is 35.6 Å². The normalized spacial score (nSPS) is 15.2. The van der Waals surface area contributed by atoms with Crippen molar-refractivity contribution in [3.63, 3.8) is 0 Å². The molecule has 1 fully saturated rings. The number of aliphatic hydroxyl groups excluding tert-OH is 1. The number of amides is 1. The number of carbonyl (C=O) groups is 3. The van der Waals surface area contributed by atoms with Gasteiger partial charge in [0.15, 0.2) is 0 Å². The van der Waals surface area contributed by atoms with E-state index >= 15 is 0 Å². The fourth-order valence-electron chi connectivity index (χ4n) is 5.77.